The zero-order valence-corrected chi connectivity index (χ0v) is 15.1. The van der Waals surface area contributed by atoms with E-state index in [4.69, 9.17) is 28.8 Å². The van der Waals surface area contributed by atoms with Crippen molar-refractivity contribution < 1.29 is 28.8 Å². The van der Waals surface area contributed by atoms with Gasteiger partial charge in [0.25, 0.3) is 6.47 Å². The molecule has 0 fully saturated rings. The molecule has 0 atom stereocenters. The molecule has 140 valence electrons. The average molecular weight is 370 g/mol. The van der Waals surface area contributed by atoms with Gasteiger partial charge in [0.1, 0.15) is 0 Å². The molecule has 1 N–H and O–H groups in total. The molecule has 0 spiro atoms. The number of hydrogen-bond acceptors (Lipinski definition) is 7. The van der Waals surface area contributed by atoms with E-state index in [-0.39, 0.29) is 13.3 Å². The Hall–Kier alpha value is -3.55. The number of methoxy groups -OCH3 is 2. The fraction of sp³-hybridized carbons (Fsp3) is 0.211. The van der Waals surface area contributed by atoms with Crippen LogP contribution in [-0.2, 0) is 4.79 Å². The van der Waals surface area contributed by atoms with Crippen LogP contribution in [0.1, 0.15) is 5.56 Å². The number of pyridine rings is 2. The van der Waals surface area contributed by atoms with Crippen molar-refractivity contribution in [2.45, 2.75) is 6.92 Å². The highest BCUT2D eigenvalue weighted by Gasteiger charge is 2.21. The molecule has 2 aromatic heterocycles. The van der Waals surface area contributed by atoms with Gasteiger partial charge in [-0.05, 0) is 36.8 Å². The second-order valence-corrected chi connectivity index (χ2v) is 5.57. The van der Waals surface area contributed by atoms with Crippen molar-refractivity contribution in [3.63, 3.8) is 0 Å². The van der Waals surface area contributed by atoms with Crippen molar-refractivity contribution >= 4 is 17.5 Å². The predicted molar refractivity (Wildman–Crippen MR) is 97.6 cm³/mol. The standard InChI is InChI=1S/C18H16N2O4.CH2O2/c1-10-6-13(19-18-12(10)4-5-16(20-18)22-3)11-7-14(21-2)17-15(8-11)23-9-24-17;2-1-3/h4-8H,9H2,1-3H3;1H,(H,2,3). The average Bonchev–Trinajstić information content (AvgIpc) is 3.16. The van der Waals surface area contributed by atoms with Gasteiger partial charge in [-0.3, -0.25) is 4.79 Å². The van der Waals surface area contributed by atoms with E-state index in [1.54, 1.807) is 14.2 Å². The molecule has 0 bridgehead atoms. The minimum Gasteiger partial charge on any atom is -0.493 e. The van der Waals surface area contributed by atoms with Gasteiger partial charge in [-0.1, -0.05) is 0 Å². The highest BCUT2D eigenvalue weighted by molar-refractivity contribution is 5.83. The molecule has 0 amide bonds. The van der Waals surface area contributed by atoms with Gasteiger partial charge in [-0.2, -0.15) is 4.98 Å². The normalized spacial score (nSPS) is 11.5. The molecule has 1 aromatic carbocycles. The Morgan fingerprint density at radius 2 is 1.89 bits per heavy atom. The van der Waals surface area contributed by atoms with Gasteiger partial charge in [0.2, 0.25) is 18.4 Å². The van der Waals surface area contributed by atoms with Crippen molar-refractivity contribution in [2.75, 3.05) is 21.0 Å². The second kappa shape index (κ2) is 7.77. The Morgan fingerprint density at radius 3 is 2.59 bits per heavy atom. The van der Waals surface area contributed by atoms with E-state index in [1.165, 1.54) is 0 Å². The van der Waals surface area contributed by atoms with Gasteiger partial charge in [0, 0.05) is 17.0 Å². The second-order valence-electron chi connectivity index (χ2n) is 5.57. The summed E-state index contributed by atoms with van der Waals surface area (Å²) in [6, 6.07) is 9.61. The SMILES string of the molecule is COc1ccc2c(C)cc(-c3cc(OC)c4c(c3)OCO4)nc2n1.O=CO. The molecule has 27 heavy (non-hydrogen) atoms. The number of ether oxygens (including phenoxy) is 4. The molecule has 1 aliphatic heterocycles. The van der Waals surface area contributed by atoms with Gasteiger partial charge in [-0.15, -0.1) is 0 Å². The first-order chi connectivity index (χ1) is 13.1. The minimum absolute atomic E-state index is 0.193. The number of hydrogen-bond donors (Lipinski definition) is 1. The molecule has 0 saturated heterocycles. The van der Waals surface area contributed by atoms with Crippen LogP contribution in [0.3, 0.4) is 0 Å². The molecule has 0 saturated carbocycles. The smallest absolute Gasteiger partial charge is 0.290 e. The van der Waals surface area contributed by atoms with Crippen molar-refractivity contribution in [1.29, 1.82) is 0 Å². The number of aromatic nitrogens is 2. The van der Waals surface area contributed by atoms with Gasteiger partial charge in [0.05, 0.1) is 19.9 Å². The molecule has 0 unspecified atom stereocenters. The third-order valence-electron chi connectivity index (χ3n) is 4.02. The molecular formula is C19H18N2O6. The molecule has 0 radical (unpaired) electrons. The Bertz CT molecular complexity index is 990. The maximum absolute atomic E-state index is 8.36. The van der Waals surface area contributed by atoms with Crippen molar-refractivity contribution in [3.05, 3.63) is 35.9 Å². The molecule has 1 aliphatic rings. The van der Waals surface area contributed by atoms with Crippen molar-refractivity contribution in [1.82, 2.24) is 9.97 Å². The number of nitrogens with zero attached hydrogens (tertiary/aromatic N) is 2. The summed E-state index contributed by atoms with van der Waals surface area (Å²) in [6.07, 6.45) is 0. The summed E-state index contributed by atoms with van der Waals surface area (Å²) in [7, 11) is 3.19. The van der Waals surface area contributed by atoms with E-state index in [2.05, 4.69) is 9.97 Å². The molecule has 3 heterocycles. The van der Waals surface area contributed by atoms with E-state index >= 15 is 0 Å². The van der Waals surface area contributed by atoms with E-state index < -0.39 is 0 Å². The monoisotopic (exact) mass is 370 g/mol. The Kier molecular flexibility index (Phi) is 5.25. The first-order valence-electron chi connectivity index (χ1n) is 7.99. The lowest BCUT2D eigenvalue weighted by Gasteiger charge is -2.10. The van der Waals surface area contributed by atoms with E-state index in [1.807, 2.05) is 37.3 Å². The van der Waals surface area contributed by atoms with E-state index in [9.17, 15) is 0 Å². The Morgan fingerprint density at radius 1 is 1.11 bits per heavy atom. The number of carboxylic acid groups (broad SMARTS) is 1. The van der Waals surface area contributed by atoms with Crippen LogP contribution in [0.4, 0.5) is 0 Å². The Labute approximate surface area is 155 Å². The van der Waals surface area contributed by atoms with Crippen LogP contribution in [0, 0.1) is 6.92 Å². The summed E-state index contributed by atoms with van der Waals surface area (Å²) in [5, 5.41) is 7.88. The number of fused-ring (bicyclic) bond motifs is 2. The summed E-state index contributed by atoms with van der Waals surface area (Å²) in [4.78, 5) is 17.5. The summed E-state index contributed by atoms with van der Waals surface area (Å²) >= 11 is 0. The maximum Gasteiger partial charge on any atom is 0.290 e. The van der Waals surface area contributed by atoms with Crippen molar-refractivity contribution in [3.8, 4) is 34.4 Å². The topological polar surface area (TPSA) is 100 Å². The third-order valence-corrected chi connectivity index (χ3v) is 4.02. The van der Waals surface area contributed by atoms with Crippen LogP contribution in [-0.4, -0.2) is 42.6 Å². The van der Waals surface area contributed by atoms with E-state index in [0.29, 0.717) is 28.8 Å². The summed E-state index contributed by atoms with van der Waals surface area (Å²) in [6.45, 7) is 1.98. The molecular weight excluding hydrogens is 352 g/mol. The van der Waals surface area contributed by atoms with Crippen LogP contribution in [0.2, 0.25) is 0 Å². The van der Waals surface area contributed by atoms with Crippen molar-refractivity contribution in [2.24, 2.45) is 0 Å². The van der Waals surface area contributed by atoms with Crippen LogP contribution in [0.25, 0.3) is 22.3 Å². The van der Waals surface area contributed by atoms with Crippen LogP contribution >= 0.6 is 0 Å². The zero-order valence-electron chi connectivity index (χ0n) is 15.1. The lowest BCUT2D eigenvalue weighted by molar-refractivity contribution is -0.122. The fourth-order valence-electron chi connectivity index (χ4n) is 2.79. The number of benzene rings is 1. The number of carbonyl (C=O) groups is 1. The lowest BCUT2D eigenvalue weighted by atomic mass is 10.1. The molecule has 8 nitrogen and oxygen atoms in total. The molecule has 3 aromatic rings. The van der Waals surface area contributed by atoms with Crippen LogP contribution < -0.4 is 18.9 Å². The highest BCUT2D eigenvalue weighted by Crippen LogP contribution is 2.44. The fourth-order valence-corrected chi connectivity index (χ4v) is 2.79. The number of rotatable bonds is 3. The largest absolute Gasteiger partial charge is 0.493 e. The summed E-state index contributed by atoms with van der Waals surface area (Å²) < 4.78 is 21.5. The van der Waals surface area contributed by atoms with Gasteiger partial charge in [0.15, 0.2) is 17.1 Å². The summed E-state index contributed by atoms with van der Waals surface area (Å²) in [5.41, 5.74) is 3.39. The van der Waals surface area contributed by atoms with E-state index in [0.717, 1.165) is 22.2 Å². The zero-order chi connectivity index (χ0) is 19.4. The minimum atomic E-state index is -0.250. The van der Waals surface area contributed by atoms with Crippen LogP contribution in [0.5, 0.6) is 23.1 Å². The third kappa shape index (κ3) is 3.55. The Balaban J connectivity index is 0.000000659. The van der Waals surface area contributed by atoms with Gasteiger partial charge in [-0.25, -0.2) is 4.98 Å². The van der Waals surface area contributed by atoms with Gasteiger partial charge >= 0.3 is 0 Å². The lowest BCUT2D eigenvalue weighted by Crippen LogP contribution is -1.95. The first-order valence-corrected chi connectivity index (χ1v) is 7.99. The molecule has 0 aliphatic carbocycles. The molecule has 4 rings (SSSR count). The predicted octanol–water partition coefficient (Wildman–Crippen LogP) is 3.05. The highest BCUT2D eigenvalue weighted by atomic mass is 16.7. The summed E-state index contributed by atoms with van der Waals surface area (Å²) in [5.74, 6) is 2.44. The van der Waals surface area contributed by atoms with Gasteiger partial charge < -0.3 is 24.1 Å². The quantitative estimate of drug-likeness (QED) is 0.702. The maximum atomic E-state index is 8.36. The number of aryl methyl sites for hydroxylation is 1. The molecule has 8 heteroatoms. The van der Waals surface area contributed by atoms with Crippen LogP contribution in [0.15, 0.2) is 30.3 Å². The first kappa shape index (κ1) is 18.2.